The van der Waals surface area contributed by atoms with Gasteiger partial charge in [-0.05, 0) is 149 Å². The number of hydrogen-bond donors (Lipinski definition) is 4. The Hall–Kier alpha value is -8.92. The number of rotatable bonds is 40. The van der Waals surface area contributed by atoms with Gasteiger partial charge < -0.3 is 77.9 Å². The first-order chi connectivity index (χ1) is 66.8. The van der Waals surface area contributed by atoms with E-state index in [4.69, 9.17) is 18.9 Å². The van der Waals surface area contributed by atoms with E-state index in [2.05, 4.69) is 93.9 Å². The van der Waals surface area contributed by atoms with Crippen LogP contribution in [0.25, 0.3) is 0 Å². The number of fused-ring (bicyclic) bond motifs is 4. The lowest BCUT2D eigenvalue weighted by atomic mass is 9.81. The number of ether oxygens (including phenoxy) is 8. The Labute approximate surface area is 845 Å². The van der Waals surface area contributed by atoms with Gasteiger partial charge in [0.2, 0.25) is 0 Å². The molecule has 0 amide bonds. The maximum Gasteiger partial charge on any atom is 0.338 e. The molecule has 0 aliphatic carbocycles. The molecule has 0 unspecified atom stereocenters. The number of carbonyl (C=O) groups excluding carboxylic acids is 4. The number of methoxy groups -OCH3 is 4. The molecule has 768 valence electrons. The van der Waals surface area contributed by atoms with Crippen molar-refractivity contribution in [3.63, 3.8) is 0 Å². The van der Waals surface area contributed by atoms with E-state index in [0.29, 0.717) is 71.9 Å². The van der Waals surface area contributed by atoms with Crippen LogP contribution in [0.3, 0.4) is 0 Å². The van der Waals surface area contributed by atoms with E-state index in [1.807, 2.05) is 171 Å². The molecule has 0 spiro atoms. The third-order valence-corrected chi connectivity index (χ3v) is 37.4. The average Bonchev–Trinajstić information content (AvgIpc) is 1.57. The third-order valence-electron chi connectivity index (χ3n) is 26.4. The minimum atomic E-state index is -3.66. The number of esters is 4. The zero-order valence-electron chi connectivity index (χ0n) is 83.3. The summed E-state index contributed by atoms with van der Waals surface area (Å²) in [4.78, 5) is 58.5. The highest BCUT2D eigenvalue weighted by atomic mass is 32.2. The molecule has 140 heavy (non-hydrogen) atoms. The Morgan fingerprint density at radius 3 is 0.636 bits per heavy atom. The summed E-state index contributed by atoms with van der Waals surface area (Å²) in [5.41, 5.74) is 4.61. The summed E-state index contributed by atoms with van der Waals surface area (Å²) in [6.45, 7) is 17.8. The van der Waals surface area contributed by atoms with E-state index < -0.39 is 109 Å². The number of aliphatic hydroxyl groups excluding tert-OH is 4. The van der Waals surface area contributed by atoms with Crippen molar-refractivity contribution in [1.29, 1.82) is 0 Å². The first-order valence-electron chi connectivity index (χ1n) is 47.4. The van der Waals surface area contributed by atoms with E-state index in [0.717, 1.165) is 145 Å². The lowest BCUT2D eigenvalue weighted by Crippen LogP contribution is -2.37. The molecule has 4 aliphatic heterocycles. The Morgan fingerprint density at radius 1 is 0.307 bits per heavy atom. The number of anilines is 8. The first kappa shape index (κ1) is 115. The predicted octanol–water partition coefficient (Wildman–Crippen LogP) is 19.3. The summed E-state index contributed by atoms with van der Waals surface area (Å²) in [7, 11) is -9.91. The van der Waals surface area contributed by atoms with Crippen LogP contribution >= 0.6 is 47.0 Å². The molecular formula is C104H140N4O24S8. The first-order valence-corrected chi connectivity index (χ1v) is 58.9. The summed E-state index contributed by atoms with van der Waals surface area (Å²) in [5.74, 6) is -1.78. The maximum atomic E-state index is 13.8. The molecule has 4 heterocycles. The number of carbonyl (C=O) groups is 4. The van der Waals surface area contributed by atoms with E-state index in [1.165, 1.54) is 75.5 Å². The number of benzene rings is 8. The largest absolute Gasteiger partial charge is 0.489 e. The molecule has 28 nitrogen and oxygen atoms in total. The molecule has 4 N–H and O–H groups in total. The van der Waals surface area contributed by atoms with Gasteiger partial charge in [0.1, 0.15) is 49.4 Å². The lowest BCUT2D eigenvalue weighted by molar-refractivity contribution is -0.152. The molecular weight excluding hydrogens is 1950 g/mol. The molecule has 8 aromatic rings. The Morgan fingerprint density at radius 2 is 0.486 bits per heavy atom. The van der Waals surface area contributed by atoms with E-state index in [-0.39, 0.29) is 69.0 Å². The van der Waals surface area contributed by atoms with Crippen LogP contribution in [0.5, 0.6) is 23.0 Å². The van der Waals surface area contributed by atoms with Gasteiger partial charge in [-0.1, -0.05) is 180 Å². The van der Waals surface area contributed by atoms with Crippen LogP contribution in [0.15, 0.2) is 209 Å². The monoisotopic (exact) mass is 2080 g/mol. The summed E-state index contributed by atoms with van der Waals surface area (Å²) >= 11 is 5.65. The van der Waals surface area contributed by atoms with Gasteiger partial charge in [-0.3, -0.25) is 0 Å². The van der Waals surface area contributed by atoms with Gasteiger partial charge in [-0.15, -0.1) is 47.0 Å². The van der Waals surface area contributed by atoms with Crippen molar-refractivity contribution in [2.75, 3.05) is 149 Å². The number of aliphatic hydroxyl groups is 4. The standard InChI is InChI=1S/4C26H35NO6S2/c4*1-5-7-13-26(6-2)17-27(19-11-9-8-10-12-19)20-14-23(34-4)22(15-24(20)35(30,31)18-26)33-16-21(28)25(29)32-3/h4*8-12,14-15,21,28H,5-7,13,16-18H2,1-4H3/t2*21-,26+;2*21-,26-/m1010/s1. The number of thioether (sulfide) groups is 4. The van der Waals surface area contributed by atoms with Gasteiger partial charge in [-0.2, -0.15) is 0 Å². The molecule has 0 radical (unpaired) electrons. The van der Waals surface area contributed by atoms with Gasteiger partial charge >= 0.3 is 23.9 Å². The second-order valence-electron chi connectivity index (χ2n) is 35.8. The van der Waals surface area contributed by atoms with Crippen molar-refractivity contribution in [1.82, 2.24) is 0 Å². The molecule has 12 rings (SSSR count). The second-order valence-corrected chi connectivity index (χ2v) is 47.1. The Bertz CT molecular complexity index is 5200. The number of unbranched alkanes of at least 4 members (excludes halogenated alkanes) is 4. The molecule has 4 aliphatic rings. The Kier molecular flexibility index (Phi) is 43.0. The fourth-order valence-electron chi connectivity index (χ4n) is 18.1. The van der Waals surface area contributed by atoms with Crippen LogP contribution in [0, 0.1) is 21.7 Å². The van der Waals surface area contributed by atoms with Gasteiger partial charge in [0.05, 0.1) is 113 Å². The molecule has 0 bridgehead atoms. The summed E-state index contributed by atoms with van der Waals surface area (Å²) < 4.78 is 152. The zero-order chi connectivity index (χ0) is 103. The van der Waals surface area contributed by atoms with Crippen molar-refractivity contribution in [2.24, 2.45) is 21.7 Å². The highest BCUT2D eigenvalue weighted by Gasteiger charge is 2.48. The normalized spacial score (nSPS) is 20.0. The van der Waals surface area contributed by atoms with Crippen LogP contribution in [0.1, 0.15) is 158 Å². The molecule has 36 heteroatoms. The van der Waals surface area contributed by atoms with Gasteiger partial charge in [0, 0.05) is 94.9 Å². The second kappa shape index (κ2) is 52.6. The number of nitrogens with zero attached hydrogens (tertiary/aromatic N) is 4. The van der Waals surface area contributed by atoms with Crippen molar-refractivity contribution < 1.29 is 111 Å². The summed E-state index contributed by atoms with van der Waals surface area (Å²) in [6, 6.07) is 52.9. The molecule has 8 aromatic carbocycles. The summed E-state index contributed by atoms with van der Waals surface area (Å²) in [6.07, 6.45) is 15.7. The van der Waals surface area contributed by atoms with Gasteiger partial charge in [-0.25, -0.2) is 52.8 Å². The van der Waals surface area contributed by atoms with Crippen LogP contribution < -0.4 is 38.5 Å². The minimum absolute atomic E-state index is 0.0513. The molecule has 0 fully saturated rings. The van der Waals surface area contributed by atoms with E-state index in [9.17, 15) is 73.3 Å². The van der Waals surface area contributed by atoms with Crippen LogP contribution in [-0.4, -0.2) is 231 Å². The fourth-order valence-corrected chi connectivity index (χ4v) is 29.0. The van der Waals surface area contributed by atoms with Crippen molar-refractivity contribution in [2.45, 2.75) is 222 Å². The molecule has 0 aromatic heterocycles. The minimum Gasteiger partial charge on any atom is -0.489 e. The zero-order valence-corrected chi connectivity index (χ0v) is 89.8. The van der Waals surface area contributed by atoms with E-state index >= 15 is 0 Å². The third kappa shape index (κ3) is 28.8. The van der Waals surface area contributed by atoms with Crippen molar-refractivity contribution in [3.05, 3.63) is 170 Å². The Balaban J connectivity index is 0.000000209. The smallest absolute Gasteiger partial charge is 0.338 e. The SMILES string of the molecule is CCCC[C@@]1(CC)CN(c2ccccc2)c2cc(SC)c(OC[C@@H](O)C(=O)OC)cc2S(=O)(=O)C1.CCCC[C@@]1(CC)CN(c2ccccc2)c2cc(SC)c(OC[C@H](O)C(=O)OC)cc2S(=O)(=O)C1.CCCC[C@]1(CC)CN(c2ccccc2)c2cc(SC)c(OC[C@@H](O)C(=O)OC)cc2S(=O)(=O)C1.CCCC[C@]1(CC)CN(c2ccccc2)c2cc(SC)c(OC[C@H](O)C(=O)OC)cc2S(=O)(=O)C1. The molecule has 8 atom stereocenters. The predicted molar refractivity (Wildman–Crippen MR) is 558 cm³/mol. The summed E-state index contributed by atoms with van der Waals surface area (Å²) in [5, 5.41) is 39.9. The molecule has 0 saturated carbocycles. The van der Waals surface area contributed by atoms with Crippen LogP contribution in [0.2, 0.25) is 0 Å². The molecule has 0 saturated heterocycles. The number of sulfone groups is 4. The van der Waals surface area contributed by atoms with E-state index in [1.54, 1.807) is 24.3 Å². The average molecular weight is 2090 g/mol. The van der Waals surface area contributed by atoms with Crippen molar-refractivity contribution >= 4 is 156 Å². The fraction of sp³-hybridized carbons (Fsp3) is 0.500. The van der Waals surface area contributed by atoms with Gasteiger partial charge in [0.25, 0.3) is 0 Å². The highest BCUT2D eigenvalue weighted by molar-refractivity contribution is 7.99. The maximum absolute atomic E-state index is 13.8. The van der Waals surface area contributed by atoms with Crippen LogP contribution in [-0.2, 0) is 77.5 Å². The quantitative estimate of drug-likeness (QED) is 0.0157. The van der Waals surface area contributed by atoms with Crippen molar-refractivity contribution in [3.8, 4) is 23.0 Å². The lowest BCUT2D eigenvalue weighted by Gasteiger charge is -2.36. The topological polar surface area (TPSA) is 373 Å². The highest BCUT2D eigenvalue weighted by Crippen LogP contribution is 2.54. The number of hydrogen-bond acceptors (Lipinski definition) is 32. The van der Waals surface area contributed by atoms with Crippen LogP contribution in [0.4, 0.5) is 45.5 Å². The van der Waals surface area contributed by atoms with Gasteiger partial charge in [0.15, 0.2) is 63.8 Å². The number of para-hydroxylation sites is 4.